The number of halogens is 1. The van der Waals surface area contributed by atoms with Crippen LogP contribution in [-0.4, -0.2) is 37.0 Å². The molecule has 2 atom stereocenters. The molecule has 0 amide bonds. The van der Waals surface area contributed by atoms with E-state index in [1.165, 1.54) is 33.4 Å². The van der Waals surface area contributed by atoms with Crippen LogP contribution in [0.25, 0.3) is 22.0 Å². The number of hydrogen-bond acceptors (Lipinski definition) is 3. The number of benzene rings is 2. The summed E-state index contributed by atoms with van der Waals surface area (Å²) >= 11 is 6.14. The third-order valence-electron chi connectivity index (χ3n) is 6.59. The van der Waals surface area contributed by atoms with Crippen LogP contribution in [0.5, 0.6) is 0 Å². The quantitative estimate of drug-likeness (QED) is 0.675. The highest BCUT2D eigenvalue weighted by molar-refractivity contribution is 6.30. The molecule has 2 aromatic carbocycles. The Labute approximate surface area is 170 Å². The molecule has 2 aliphatic heterocycles. The Morgan fingerprint density at radius 2 is 1.89 bits per heavy atom. The lowest BCUT2D eigenvalue weighted by atomic mass is 9.88. The van der Waals surface area contributed by atoms with Crippen molar-refractivity contribution in [3.63, 3.8) is 0 Å². The Morgan fingerprint density at radius 1 is 1.18 bits per heavy atom. The van der Waals surface area contributed by atoms with E-state index in [0.717, 1.165) is 35.5 Å². The maximum absolute atomic E-state index is 11.6. The van der Waals surface area contributed by atoms with Gasteiger partial charge in [-0.05, 0) is 54.3 Å². The van der Waals surface area contributed by atoms with Crippen molar-refractivity contribution in [2.45, 2.75) is 32.4 Å². The van der Waals surface area contributed by atoms with Crippen LogP contribution in [0.2, 0.25) is 5.02 Å². The van der Waals surface area contributed by atoms with Gasteiger partial charge >= 0.3 is 0 Å². The number of aromatic nitrogens is 1. The van der Waals surface area contributed by atoms with Crippen LogP contribution in [0.1, 0.15) is 22.9 Å². The molecule has 4 nitrogen and oxygen atoms in total. The summed E-state index contributed by atoms with van der Waals surface area (Å²) in [4.78, 5) is 14.0. The smallest absolute Gasteiger partial charge is 0.124 e. The Morgan fingerprint density at radius 3 is 2.61 bits per heavy atom. The van der Waals surface area contributed by atoms with Crippen LogP contribution in [0.3, 0.4) is 0 Å². The van der Waals surface area contributed by atoms with E-state index >= 15 is 0 Å². The minimum absolute atomic E-state index is 0.414. The molecular weight excluding hydrogens is 370 g/mol. The maximum atomic E-state index is 11.6. The summed E-state index contributed by atoms with van der Waals surface area (Å²) in [5, 5.41) is 5.52. The second kappa shape index (κ2) is 6.36. The van der Waals surface area contributed by atoms with Crippen molar-refractivity contribution < 1.29 is 4.79 Å². The zero-order valence-corrected chi connectivity index (χ0v) is 17.2. The van der Waals surface area contributed by atoms with E-state index in [0.29, 0.717) is 18.5 Å². The molecular formula is C23H24ClN3O. The number of carbonyl (C=O) groups is 1. The molecule has 1 saturated heterocycles. The van der Waals surface area contributed by atoms with Crippen LogP contribution in [0.15, 0.2) is 30.3 Å². The van der Waals surface area contributed by atoms with E-state index in [1.807, 2.05) is 12.1 Å². The second-order valence-electron chi connectivity index (χ2n) is 8.03. The van der Waals surface area contributed by atoms with Gasteiger partial charge in [0.05, 0.1) is 23.3 Å². The predicted molar refractivity (Wildman–Crippen MR) is 116 cm³/mol. The summed E-state index contributed by atoms with van der Waals surface area (Å²) in [7, 11) is 2.20. The Kier molecular flexibility index (Phi) is 4.04. The summed E-state index contributed by atoms with van der Waals surface area (Å²) in [6.07, 6.45) is 1.43. The van der Waals surface area contributed by atoms with Gasteiger partial charge in [-0.2, -0.15) is 0 Å². The highest BCUT2D eigenvalue weighted by atomic mass is 35.5. The van der Waals surface area contributed by atoms with Gasteiger partial charge in [-0.25, -0.2) is 0 Å². The molecule has 1 fully saturated rings. The van der Waals surface area contributed by atoms with Gasteiger partial charge in [-0.1, -0.05) is 23.7 Å². The highest BCUT2D eigenvalue weighted by Crippen LogP contribution is 2.48. The Hall–Kier alpha value is -2.30. The number of anilines is 1. The van der Waals surface area contributed by atoms with Crippen molar-refractivity contribution in [3.8, 4) is 11.1 Å². The molecule has 2 aliphatic rings. The van der Waals surface area contributed by atoms with Crippen molar-refractivity contribution in [1.29, 1.82) is 0 Å². The molecule has 5 heteroatoms. The van der Waals surface area contributed by atoms with Crippen molar-refractivity contribution in [2.75, 3.05) is 25.0 Å². The zero-order valence-electron chi connectivity index (χ0n) is 16.4. The number of aldehydes is 1. The second-order valence-corrected chi connectivity index (χ2v) is 8.46. The third-order valence-corrected chi connectivity index (χ3v) is 6.84. The topological polar surface area (TPSA) is 37.3 Å². The van der Waals surface area contributed by atoms with Crippen molar-refractivity contribution in [3.05, 3.63) is 52.2 Å². The van der Waals surface area contributed by atoms with Gasteiger partial charge < -0.3 is 19.6 Å². The SMILES string of the molecule is Cc1c(CC=O)c(-c2ccc(Cl)cc2)c2cc(C)n3c2c1N(C)C1CNCC13. The van der Waals surface area contributed by atoms with Crippen LogP contribution in [0, 0.1) is 13.8 Å². The van der Waals surface area contributed by atoms with Crippen LogP contribution in [-0.2, 0) is 11.2 Å². The molecule has 0 spiro atoms. The molecule has 0 saturated carbocycles. The van der Waals surface area contributed by atoms with Crippen molar-refractivity contribution in [1.82, 2.24) is 9.88 Å². The van der Waals surface area contributed by atoms with E-state index < -0.39 is 0 Å². The van der Waals surface area contributed by atoms with Gasteiger partial charge in [0.25, 0.3) is 0 Å². The molecule has 3 aromatic rings. The fourth-order valence-electron chi connectivity index (χ4n) is 5.37. The number of aryl methyl sites for hydroxylation is 1. The number of fused-ring (bicyclic) bond motifs is 2. The molecule has 2 unspecified atom stereocenters. The van der Waals surface area contributed by atoms with Gasteiger partial charge in [0.1, 0.15) is 6.29 Å². The van der Waals surface area contributed by atoms with E-state index in [2.05, 4.69) is 53.9 Å². The highest BCUT2D eigenvalue weighted by Gasteiger charge is 2.40. The standard InChI is InChI=1S/C23H24ClN3O/c1-13-10-18-21(15-4-6-16(24)7-5-15)17(8-9-28)14(2)22-23(18)27(13)20-12-25-11-19(20)26(22)3/h4-7,9-10,19-20,25H,8,11-12H2,1-3H3. The first-order chi connectivity index (χ1) is 13.5. The first-order valence-corrected chi connectivity index (χ1v) is 10.2. The summed E-state index contributed by atoms with van der Waals surface area (Å²) in [5.41, 5.74) is 8.44. The molecule has 1 N–H and O–H groups in total. The molecule has 1 aromatic heterocycles. The van der Waals surface area contributed by atoms with E-state index in [4.69, 9.17) is 11.6 Å². The van der Waals surface area contributed by atoms with Gasteiger partial charge in [0.2, 0.25) is 0 Å². The van der Waals surface area contributed by atoms with Crippen LogP contribution >= 0.6 is 11.6 Å². The zero-order chi connectivity index (χ0) is 19.6. The largest absolute Gasteiger partial charge is 0.366 e. The lowest BCUT2D eigenvalue weighted by molar-refractivity contribution is -0.107. The fourth-order valence-corrected chi connectivity index (χ4v) is 5.50. The van der Waals surface area contributed by atoms with E-state index in [9.17, 15) is 4.79 Å². The summed E-state index contributed by atoms with van der Waals surface area (Å²) in [6.45, 7) is 6.34. The Bertz CT molecular complexity index is 1100. The van der Waals surface area contributed by atoms with E-state index in [1.54, 1.807) is 0 Å². The molecule has 28 heavy (non-hydrogen) atoms. The minimum atomic E-state index is 0.414. The van der Waals surface area contributed by atoms with Crippen molar-refractivity contribution in [2.24, 2.45) is 0 Å². The monoisotopic (exact) mass is 393 g/mol. The predicted octanol–water partition coefficient (Wildman–Crippen LogP) is 4.28. The van der Waals surface area contributed by atoms with Crippen LogP contribution < -0.4 is 10.2 Å². The van der Waals surface area contributed by atoms with E-state index in [-0.39, 0.29) is 0 Å². The van der Waals surface area contributed by atoms with Gasteiger partial charge in [-0.15, -0.1) is 0 Å². The number of rotatable bonds is 3. The van der Waals surface area contributed by atoms with Gasteiger partial charge in [-0.3, -0.25) is 0 Å². The lowest BCUT2D eigenvalue weighted by Crippen LogP contribution is -2.43. The molecule has 5 rings (SSSR count). The molecule has 0 aliphatic carbocycles. The summed E-state index contributed by atoms with van der Waals surface area (Å²) < 4.78 is 2.52. The fraction of sp³-hybridized carbons (Fsp3) is 0.348. The molecule has 0 bridgehead atoms. The van der Waals surface area contributed by atoms with Crippen LogP contribution in [0.4, 0.5) is 5.69 Å². The Balaban J connectivity index is 1.91. The lowest BCUT2D eigenvalue weighted by Gasteiger charge is -2.40. The van der Waals surface area contributed by atoms with Gasteiger partial charge in [0.15, 0.2) is 0 Å². The number of nitrogens with zero attached hydrogens (tertiary/aromatic N) is 2. The third kappa shape index (κ3) is 2.31. The van der Waals surface area contributed by atoms with Crippen molar-refractivity contribution >= 4 is 34.5 Å². The number of nitrogens with one attached hydrogen (secondary N) is 1. The first-order valence-electron chi connectivity index (χ1n) is 9.83. The summed E-state index contributed by atoms with van der Waals surface area (Å²) in [6, 6.07) is 11.1. The maximum Gasteiger partial charge on any atom is 0.124 e. The molecule has 144 valence electrons. The number of likely N-dealkylation sites (N-methyl/N-ethyl adjacent to an activating group) is 1. The minimum Gasteiger partial charge on any atom is -0.366 e. The average Bonchev–Trinajstić information content (AvgIpc) is 3.28. The molecule has 0 radical (unpaired) electrons. The average molecular weight is 394 g/mol. The van der Waals surface area contributed by atoms with Gasteiger partial charge in [0, 0.05) is 42.7 Å². The summed E-state index contributed by atoms with van der Waals surface area (Å²) in [5.74, 6) is 0. The number of carbonyl (C=O) groups excluding carboxylic acids is 1. The molecule has 3 heterocycles. The normalized spacial score (nSPS) is 20.6. The first kappa shape index (κ1) is 17.8. The number of hydrogen-bond donors (Lipinski definition) is 1.